The number of likely N-dealkylation sites (tertiary alicyclic amines) is 2. The van der Waals surface area contributed by atoms with Crippen LogP contribution in [0.3, 0.4) is 0 Å². The van der Waals surface area contributed by atoms with Crippen LogP contribution in [0.4, 0.5) is 0 Å². The molecule has 0 N–H and O–H groups in total. The number of hydrogen-bond donors (Lipinski definition) is 0. The van der Waals surface area contributed by atoms with Gasteiger partial charge in [0, 0.05) is 32.1 Å². The third-order valence-electron chi connectivity index (χ3n) is 6.44. The molecule has 1 aromatic carbocycles. The third-order valence-corrected chi connectivity index (χ3v) is 6.44. The molecule has 2 amide bonds. The van der Waals surface area contributed by atoms with Crippen molar-refractivity contribution < 1.29 is 9.59 Å². The van der Waals surface area contributed by atoms with E-state index in [4.69, 9.17) is 0 Å². The van der Waals surface area contributed by atoms with Gasteiger partial charge in [-0.3, -0.25) is 9.59 Å². The van der Waals surface area contributed by atoms with E-state index in [1.807, 2.05) is 9.80 Å². The number of hydrogen-bond acceptors (Lipinski definition) is 2. The topological polar surface area (TPSA) is 40.6 Å². The maximum atomic E-state index is 13.3. The molecule has 2 heterocycles. The van der Waals surface area contributed by atoms with Gasteiger partial charge in [-0.1, -0.05) is 38.1 Å². The molecule has 0 radical (unpaired) electrons. The maximum absolute atomic E-state index is 13.3. The zero-order valence-corrected chi connectivity index (χ0v) is 16.0. The summed E-state index contributed by atoms with van der Waals surface area (Å²) in [6, 6.07) is 8.66. The molecular formula is C22H30N2O2. The van der Waals surface area contributed by atoms with Crippen molar-refractivity contribution in [1.29, 1.82) is 0 Å². The lowest BCUT2D eigenvalue weighted by atomic mass is 9.78. The first-order chi connectivity index (χ1) is 12.5. The van der Waals surface area contributed by atoms with Gasteiger partial charge in [-0.2, -0.15) is 0 Å². The van der Waals surface area contributed by atoms with Gasteiger partial charge in [0.15, 0.2) is 0 Å². The molecule has 1 atom stereocenters. The van der Waals surface area contributed by atoms with Crippen LogP contribution in [-0.2, 0) is 16.1 Å². The molecule has 0 aromatic heterocycles. The van der Waals surface area contributed by atoms with E-state index in [2.05, 4.69) is 38.1 Å². The van der Waals surface area contributed by atoms with E-state index in [0.29, 0.717) is 19.0 Å². The molecule has 4 heteroatoms. The van der Waals surface area contributed by atoms with Crippen LogP contribution in [0, 0.1) is 11.3 Å². The minimum Gasteiger partial charge on any atom is -0.341 e. The molecule has 0 bridgehead atoms. The normalized spacial score (nSPS) is 26.2. The SMILES string of the molecule is CC(C)c1ccc(CN2CCC[C@@]3(CCN(C(=O)C4CC4)C3)C2=O)cc1. The van der Waals surface area contributed by atoms with Crippen LogP contribution in [0.5, 0.6) is 0 Å². The Balaban J connectivity index is 1.43. The van der Waals surface area contributed by atoms with Crippen molar-refractivity contribution >= 4 is 11.8 Å². The van der Waals surface area contributed by atoms with Crippen LogP contribution in [0.25, 0.3) is 0 Å². The van der Waals surface area contributed by atoms with Gasteiger partial charge in [0.05, 0.1) is 5.41 Å². The number of piperidine rings is 1. The molecule has 3 fully saturated rings. The first-order valence-corrected chi connectivity index (χ1v) is 10.2. The molecular weight excluding hydrogens is 324 g/mol. The Labute approximate surface area is 156 Å². The van der Waals surface area contributed by atoms with E-state index < -0.39 is 0 Å². The average molecular weight is 354 g/mol. The summed E-state index contributed by atoms with van der Waals surface area (Å²) in [6.45, 7) is 7.32. The van der Waals surface area contributed by atoms with Gasteiger partial charge < -0.3 is 9.80 Å². The Hall–Kier alpha value is -1.84. The van der Waals surface area contributed by atoms with Crippen molar-refractivity contribution in [3.63, 3.8) is 0 Å². The second kappa shape index (κ2) is 6.71. The van der Waals surface area contributed by atoms with Crippen molar-refractivity contribution in [3.05, 3.63) is 35.4 Å². The molecule has 1 saturated carbocycles. The quantitative estimate of drug-likeness (QED) is 0.829. The lowest BCUT2D eigenvalue weighted by Gasteiger charge is -2.39. The fourth-order valence-corrected chi connectivity index (χ4v) is 4.56. The first kappa shape index (κ1) is 17.6. The van der Waals surface area contributed by atoms with Crippen molar-refractivity contribution in [2.75, 3.05) is 19.6 Å². The number of carbonyl (C=O) groups excluding carboxylic acids is 2. The molecule has 2 saturated heterocycles. The fraction of sp³-hybridized carbons (Fsp3) is 0.636. The Bertz CT molecular complexity index is 693. The van der Waals surface area contributed by atoms with Crippen LogP contribution >= 0.6 is 0 Å². The van der Waals surface area contributed by atoms with Crippen molar-refractivity contribution in [2.24, 2.45) is 11.3 Å². The predicted octanol–water partition coefficient (Wildman–Crippen LogP) is 3.56. The van der Waals surface area contributed by atoms with E-state index in [0.717, 1.165) is 45.2 Å². The lowest BCUT2D eigenvalue weighted by molar-refractivity contribution is -0.147. The number of amides is 2. The van der Waals surface area contributed by atoms with Crippen molar-refractivity contribution in [2.45, 2.75) is 58.4 Å². The third kappa shape index (κ3) is 3.26. The average Bonchev–Trinajstić information content (AvgIpc) is 3.40. The summed E-state index contributed by atoms with van der Waals surface area (Å²) in [5.74, 6) is 1.33. The van der Waals surface area contributed by atoms with E-state index in [1.165, 1.54) is 11.1 Å². The van der Waals surface area contributed by atoms with Gasteiger partial charge in [-0.05, 0) is 49.1 Å². The van der Waals surface area contributed by atoms with Gasteiger partial charge >= 0.3 is 0 Å². The van der Waals surface area contributed by atoms with Gasteiger partial charge in [-0.25, -0.2) is 0 Å². The minimum atomic E-state index is -0.319. The summed E-state index contributed by atoms with van der Waals surface area (Å²) >= 11 is 0. The number of benzene rings is 1. The standard InChI is InChI=1S/C22H30N2O2/c1-16(2)18-6-4-17(5-7-18)14-23-12-3-10-22(21(23)26)11-13-24(15-22)20(25)19-8-9-19/h4-7,16,19H,3,8-15H2,1-2H3/t22-/m0/s1. The molecule has 2 aliphatic heterocycles. The second-order valence-corrected chi connectivity index (χ2v) is 8.79. The molecule has 1 aromatic rings. The van der Waals surface area contributed by atoms with Gasteiger partial charge in [0.25, 0.3) is 0 Å². The van der Waals surface area contributed by atoms with E-state index in [9.17, 15) is 9.59 Å². The van der Waals surface area contributed by atoms with E-state index in [-0.39, 0.29) is 23.1 Å². The van der Waals surface area contributed by atoms with E-state index >= 15 is 0 Å². The monoisotopic (exact) mass is 354 g/mol. The summed E-state index contributed by atoms with van der Waals surface area (Å²) in [7, 11) is 0. The van der Waals surface area contributed by atoms with Crippen LogP contribution in [-0.4, -0.2) is 41.2 Å². The molecule has 26 heavy (non-hydrogen) atoms. The highest BCUT2D eigenvalue weighted by atomic mass is 16.2. The molecule has 1 aliphatic carbocycles. The number of carbonyl (C=O) groups is 2. The highest BCUT2D eigenvalue weighted by Gasteiger charge is 2.50. The Morgan fingerprint density at radius 2 is 1.88 bits per heavy atom. The Morgan fingerprint density at radius 1 is 1.15 bits per heavy atom. The Kier molecular flexibility index (Phi) is 4.54. The lowest BCUT2D eigenvalue weighted by Crippen LogP contribution is -2.50. The van der Waals surface area contributed by atoms with Gasteiger partial charge in [0.1, 0.15) is 0 Å². The summed E-state index contributed by atoms with van der Waals surface area (Å²) in [4.78, 5) is 29.7. The number of nitrogens with zero attached hydrogens (tertiary/aromatic N) is 2. The highest BCUT2D eigenvalue weighted by molar-refractivity contribution is 5.87. The van der Waals surface area contributed by atoms with E-state index in [1.54, 1.807) is 0 Å². The first-order valence-electron chi connectivity index (χ1n) is 10.2. The van der Waals surface area contributed by atoms with Crippen molar-refractivity contribution in [1.82, 2.24) is 9.80 Å². The van der Waals surface area contributed by atoms with Gasteiger partial charge in [0.2, 0.25) is 11.8 Å². The fourth-order valence-electron chi connectivity index (χ4n) is 4.56. The zero-order valence-electron chi connectivity index (χ0n) is 16.0. The largest absolute Gasteiger partial charge is 0.341 e. The zero-order chi connectivity index (χ0) is 18.3. The van der Waals surface area contributed by atoms with Crippen LogP contribution < -0.4 is 0 Å². The summed E-state index contributed by atoms with van der Waals surface area (Å²) in [5, 5.41) is 0. The molecule has 140 valence electrons. The number of rotatable bonds is 4. The summed E-state index contributed by atoms with van der Waals surface area (Å²) in [6.07, 6.45) is 4.89. The maximum Gasteiger partial charge on any atom is 0.230 e. The van der Waals surface area contributed by atoms with Crippen LogP contribution in [0.2, 0.25) is 0 Å². The molecule has 1 spiro atoms. The predicted molar refractivity (Wildman–Crippen MR) is 102 cm³/mol. The van der Waals surface area contributed by atoms with Crippen LogP contribution in [0.15, 0.2) is 24.3 Å². The Morgan fingerprint density at radius 3 is 2.54 bits per heavy atom. The summed E-state index contributed by atoms with van der Waals surface area (Å²) < 4.78 is 0. The summed E-state index contributed by atoms with van der Waals surface area (Å²) in [5.41, 5.74) is 2.21. The van der Waals surface area contributed by atoms with Crippen molar-refractivity contribution in [3.8, 4) is 0 Å². The molecule has 4 nitrogen and oxygen atoms in total. The highest BCUT2D eigenvalue weighted by Crippen LogP contribution is 2.42. The molecule has 3 aliphatic rings. The minimum absolute atomic E-state index is 0.249. The smallest absolute Gasteiger partial charge is 0.230 e. The molecule has 0 unspecified atom stereocenters. The van der Waals surface area contributed by atoms with Crippen LogP contribution in [0.1, 0.15) is 63.0 Å². The second-order valence-electron chi connectivity index (χ2n) is 8.79. The van der Waals surface area contributed by atoms with Gasteiger partial charge in [-0.15, -0.1) is 0 Å². The molecule has 4 rings (SSSR count).